The molecule has 0 aromatic carbocycles. The summed E-state index contributed by atoms with van der Waals surface area (Å²) in [4.78, 5) is 20.2. The fourth-order valence-corrected chi connectivity index (χ4v) is 3.34. The molecular formula is C14H23N3O2S. The molecule has 0 aliphatic carbocycles. The smallest absolute Gasteiger partial charge is 0.323 e. The Morgan fingerprint density at radius 3 is 2.45 bits per heavy atom. The van der Waals surface area contributed by atoms with E-state index in [2.05, 4.69) is 15.3 Å². The van der Waals surface area contributed by atoms with Gasteiger partial charge < -0.3 is 10.4 Å². The van der Waals surface area contributed by atoms with Crippen LogP contribution >= 0.6 is 11.8 Å². The minimum absolute atomic E-state index is 0.108. The fraction of sp³-hybridized carbons (Fsp3) is 0.643. The van der Waals surface area contributed by atoms with Crippen LogP contribution in [0.4, 0.5) is 0 Å². The van der Waals surface area contributed by atoms with E-state index < -0.39 is 11.5 Å². The Kier molecular flexibility index (Phi) is 5.95. The Bertz CT molecular complexity index is 461. The van der Waals surface area contributed by atoms with Gasteiger partial charge in [0.1, 0.15) is 5.54 Å². The first-order chi connectivity index (χ1) is 9.26. The molecule has 1 aromatic rings. The van der Waals surface area contributed by atoms with Crippen molar-refractivity contribution in [1.29, 1.82) is 0 Å². The molecular weight excluding hydrogens is 274 g/mol. The first-order valence-corrected chi connectivity index (χ1v) is 7.62. The molecule has 0 saturated heterocycles. The molecule has 0 aliphatic rings. The van der Waals surface area contributed by atoms with Gasteiger partial charge in [-0.1, -0.05) is 25.6 Å². The summed E-state index contributed by atoms with van der Waals surface area (Å²) < 4.78 is 0. The largest absolute Gasteiger partial charge is 0.480 e. The van der Waals surface area contributed by atoms with Crippen molar-refractivity contribution in [2.75, 3.05) is 6.54 Å². The second-order valence-electron chi connectivity index (χ2n) is 5.23. The fourth-order valence-electron chi connectivity index (χ4n) is 2.17. The summed E-state index contributed by atoms with van der Waals surface area (Å²) in [5.41, 5.74) is 0.944. The summed E-state index contributed by atoms with van der Waals surface area (Å²) in [5, 5.41) is 13.2. The van der Waals surface area contributed by atoms with Crippen LogP contribution in [-0.4, -0.2) is 38.4 Å². The van der Waals surface area contributed by atoms with Crippen LogP contribution in [0.1, 0.15) is 38.6 Å². The standard InChI is InChI=1S/C14H23N3O2S/c1-6-15-14(5,12(18)19)8-11(4)20-13-16-9(2)7-10(3)17-13/h7,11,15H,6,8H2,1-5H3,(H,18,19). The first-order valence-electron chi connectivity index (χ1n) is 6.74. The molecule has 0 aliphatic heterocycles. The Morgan fingerprint density at radius 2 is 2.00 bits per heavy atom. The third-order valence-corrected chi connectivity index (χ3v) is 3.97. The van der Waals surface area contributed by atoms with Crippen molar-refractivity contribution in [3.05, 3.63) is 17.5 Å². The zero-order chi connectivity index (χ0) is 15.3. The van der Waals surface area contributed by atoms with E-state index in [1.165, 1.54) is 11.8 Å². The summed E-state index contributed by atoms with van der Waals surface area (Å²) in [6.45, 7) is 10.1. The lowest BCUT2D eigenvalue weighted by Crippen LogP contribution is -2.50. The van der Waals surface area contributed by atoms with Gasteiger partial charge in [-0.3, -0.25) is 4.79 Å². The summed E-state index contributed by atoms with van der Waals surface area (Å²) in [7, 11) is 0. The molecule has 0 saturated carbocycles. The number of nitrogens with zero attached hydrogens (tertiary/aromatic N) is 2. The Morgan fingerprint density at radius 1 is 1.45 bits per heavy atom. The van der Waals surface area contributed by atoms with E-state index in [-0.39, 0.29) is 5.25 Å². The number of rotatable bonds is 7. The highest BCUT2D eigenvalue weighted by atomic mass is 32.2. The summed E-state index contributed by atoms with van der Waals surface area (Å²) in [6, 6.07) is 1.93. The van der Waals surface area contributed by atoms with Crippen LogP contribution in [-0.2, 0) is 4.79 Å². The van der Waals surface area contributed by atoms with Crippen LogP contribution in [0.5, 0.6) is 0 Å². The van der Waals surface area contributed by atoms with Gasteiger partial charge in [0.15, 0.2) is 5.16 Å². The van der Waals surface area contributed by atoms with Crippen LogP contribution in [0.15, 0.2) is 11.2 Å². The Hall–Kier alpha value is -1.14. The van der Waals surface area contributed by atoms with Crippen LogP contribution in [0.25, 0.3) is 0 Å². The average molecular weight is 297 g/mol. The third-order valence-electron chi connectivity index (χ3n) is 3.00. The Labute approximate surface area is 124 Å². The van der Waals surface area contributed by atoms with Gasteiger partial charge in [0.05, 0.1) is 0 Å². The number of carbonyl (C=O) groups is 1. The number of thioether (sulfide) groups is 1. The van der Waals surface area contributed by atoms with Crippen molar-refractivity contribution >= 4 is 17.7 Å². The van der Waals surface area contributed by atoms with E-state index >= 15 is 0 Å². The van der Waals surface area contributed by atoms with E-state index in [4.69, 9.17) is 0 Å². The molecule has 20 heavy (non-hydrogen) atoms. The van der Waals surface area contributed by atoms with Crippen LogP contribution in [0.2, 0.25) is 0 Å². The summed E-state index contributed by atoms with van der Waals surface area (Å²) >= 11 is 1.52. The van der Waals surface area contributed by atoms with E-state index in [0.29, 0.717) is 18.1 Å². The molecule has 2 unspecified atom stereocenters. The van der Waals surface area contributed by atoms with Crippen LogP contribution in [0.3, 0.4) is 0 Å². The number of hydrogen-bond donors (Lipinski definition) is 2. The molecule has 0 spiro atoms. The van der Waals surface area contributed by atoms with Gasteiger partial charge >= 0.3 is 5.97 Å². The van der Waals surface area contributed by atoms with Crippen LogP contribution < -0.4 is 5.32 Å². The molecule has 1 aromatic heterocycles. The predicted molar refractivity (Wildman–Crippen MR) is 81.2 cm³/mol. The molecule has 0 bridgehead atoms. The van der Waals surface area contributed by atoms with Crippen molar-refractivity contribution in [3.8, 4) is 0 Å². The van der Waals surface area contributed by atoms with Gasteiger partial charge in [-0.2, -0.15) is 0 Å². The maximum absolute atomic E-state index is 11.4. The number of aryl methyl sites for hydroxylation is 2. The highest BCUT2D eigenvalue weighted by molar-refractivity contribution is 7.99. The normalized spacial score (nSPS) is 15.7. The van der Waals surface area contributed by atoms with Gasteiger partial charge in [0, 0.05) is 16.6 Å². The van der Waals surface area contributed by atoms with Gasteiger partial charge in [-0.15, -0.1) is 0 Å². The number of likely N-dealkylation sites (N-methyl/N-ethyl adjacent to an activating group) is 1. The van der Waals surface area contributed by atoms with E-state index in [1.807, 2.05) is 33.8 Å². The number of nitrogens with one attached hydrogen (secondary N) is 1. The summed E-state index contributed by atoms with van der Waals surface area (Å²) in [6.07, 6.45) is 0.511. The molecule has 2 N–H and O–H groups in total. The molecule has 5 nitrogen and oxygen atoms in total. The van der Waals surface area contributed by atoms with Crippen molar-refractivity contribution in [2.24, 2.45) is 0 Å². The Balaban J connectivity index is 2.75. The lowest BCUT2D eigenvalue weighted by molar-refractivity contribution is -0.144. The lowest BCUT2D eigenvalue weighted by Gasteiger charge is -2.28. The van der Waals surface area contributed by atoms with Gasteiger partial charge in [0.2, 0.25) is 0 Å². The highest BCUT2D eigenvalue weighted by Crippen LogP contribution is 2.27. The monoisotopic (exact) mass is 297 g/mol. The molecule has 1 rings (SSSR count). The number of aliphatic carboxylic acids is 1. The van der Waals surface area contributed by atoms with Crippen molar-refractivity contribution in [1.82, 2.24) is 15.3 Å². The van der Waals surface area contributed by atoms with E-state index in [0.717, 1.165) is 11.4 Å². The second kappa shape index (κ2) is 7.04. The van der Waals surface area contributed by atoms with Crippen LogP contribution in [0, 0.1) is 13.8 Å². The molecule has 0 fully saturated rings. The van der Waals surface area contributed by atoms with Gasteiger partial charge in [-0.05, 0) is 39.8 Å². The van der Waals surface area contributed by atoms with E-state index in [9.17, 15) is 9.90 Å². The number of carboxylic acid groups (broad SMARTS) is 1. The summed E-state index contributed by atoms with van der Waals surface area (Å²) in [5.74, 6) is -0.826. The average Bonchev–Trinajstić information content (AvgIpc) is 2.26. The van der Waals surface area contributed by atoms with E-state index in [1.54, 1.807) is 6.92 Å². The minimum atomic E-state index is -0.917. The van der Waals surface area contributed by atoms with Crippen molar-refractivity contribution in [3.63, 3.8) is 0 Å². The maximum atomic E-state index is 11.4. The van der Waals surface area contributed by atoms with Gasteiger partial charge in [0.25, 0.3) is 0 Å². The third kappa shape index (κ3) is 4.76. The SMILES string of the molecule is CCNC(C)(CC(C)Sc1nc(C)cc(C)n1)C(=O)O. The first kappa shape index (κ1) is 16.9. The number of aromatic nitrogens is 2. The molecule has 0 radical (unpaired) electrons. The lowest BCUT2D eigenvalue weighted by atomic mass is 9.96. The van der Waals surface area contributed by atoms with Crippen molar-refractivity contribution in [2.45, 2.75) is 57.0 Å². The molecule has 2 atom stereocenters. The quantitative estimate of drug-likeness (QED) is 0.594. The van der Waals surface area contributed by atoms with Gasteiger partial charge in [-0.25, -0.2) is 9.97 Å². The zero-order valence-corrected chi connectivity index (χ0v) is 13.5. The molecule has 112 valence electrons. The minimum Gasteiger partial charge on any atom is -0.480 e. The maximum Gasteiger partial charge on any atom is 0.323 e. The number of carboxylic acids is 1. The number of hydrogen-bond acceptors (Lipinski definition) is 5. The molecule has 6 heteroatoms. The predicted octanol–water partition coefficient (Wildman–Crippen LogP) is 2.42. The topological polar surface area (TPSA) is 75.1 Å². The second-order valence-corrected chi connectivity index (χ2v) is 6.64. The van der Waals surface area contributed by atoms with Crippen molar-refractivity contribution < 1.29 is 9.90 Å². The zero-order valence-electron chi connectivity index (χ0n) is 12.7. The molecule has 1 heterocycles. The highest BCUT2D eigenvalue weighted by Gasteiger charge is 2.34. The molecule has 0 amide bonds.